The minimum Gasteiger partial charge on any atom is -0.481 e. The molecule has 0 aliphatic heterocycles. The number of carbonyl (C=O) groups excluding carboxylic acids is 1. The zero-order valence-corrected chi connectivity index (χ0v) is 11.0. The lowest BCUT2D eigenvalue weighted by Gasteiger charge is -2.09. The normalized spacial score (nSPS) is 22.9. The molecule has 0 radical (unpaired) electrons. The van der Waals surface area contributed by atoms with Crippen molar-refractivity contribution < 1.29 is 14.7 Å². The van der Waals surface area contributed by atoms with E-state index in [4.69, 9.17) is 5.11 Å². The fraction of sp³-hybridized carbons (Fsp3) is 0.583. The highest BCUT2D eigenvalue weighted by atomic mass is 32.1. The van der Waals surface area contributed by atoms with Crippen molar-refractivity contribution in [3.63, 3.8) is 0 Å². The quantitative estimate of drug-likeness (QED) is 0.868. The summed E-state index contributed by atoms with van der Waals surface area (Å²) in [6.45, 7) is 2.35. The SMILES string of the molecule is Cc1nc(CNC(=O)C2CCC(C(=O)O)C2)cs1. The Balaban J connectivity index is 1.80. The van der Waals surface area contributed by atoms with Crippen molar-refractivity contribution in [2.45, 2.75) is 32.7 Å². The smallest absolute Gasteiger partial charge is 0.306 e. The van der Waals surface area contributed by atoms with Crippen LogP contribution in [-0.4, -0.2) is 22.0 Å². The molecule has 1 saturated carbocycles. The van der Waals surface area contributed by atoms with Gasteiger partial charge in [-0.25, -0.2) is 4.98 Å². The van der Waals surface area contributed by atoms with E-state index in [0.717, 1.165) is 10.7 Å². The predicted octanol–water partition coefficient (Wildman–Crippen LogP) is 1.57. The number of aryl methyl sites for hydroxylation is 1. The number of carbonyl (C=O) groups is 2. The Kier molecular flexibility index (Phi) is 3.96. The molecule has 1 aliphatic carbocycles. The Morgan fingerprint density at radius 3 is 2.78 bits per heavy atom. The third-order valence-electron chi connectivity index (χ3n) is 3.26. The second-order valence-electron chi connectivity index (χ2n) is 4.62. The van der Waals surface area contributed by atoms with Crippen molar-refractivity contribution in [1.82, 2.24) is 10.3 Å². The summed E-state index contributed by atoms with van der Waals surface area (Å²) in [5.74, 6) is -1.36. The van der Waals surface area contributed by atoms with Crippen LogP contribution in [0.4, 0.5) is 0 Å². The molecule has 98 valence electrons. The van der Waals surface area contributed by atoms with E-state index in [9.17, 15) is 9.59 Å². The summed E-state index contributed by atoms with van der Waals surface area (Å²) in [7, 11) is 0. The van der Waals surface area contributed by atoms with Gasteiger partial charge in [0.05, 0.1) is 23.2 Å². The average molecular weight is 268 g/mol. The molecule has 2 atom stereocenters. The second-order valence-corrected chi connectivity index (χ2v) is 5.68. The van der Waals surface area contributed by atoms with Crippen LogP contribution in [-0.2, 0) is 16.1 Å². The van der Waals surface area contributed by atoms with Gasteiger partial charge in [-0.1, -0.05) is 0 Å². The topological polar surface area (TPSA) is 79.3 Å². The van der Waals surface area contributed by atoms with Crippen LogP contribution in [0, 0.1) is 18.8 Å². The largest absolute Gasteiger partial charge is 0.481 e. The highest BCUT2D eigenvalue weighted by molar-refractivity contribution is 7.09. The van der Waals surface area contributed by atoms with Crippen LogP contribution in [0.2, 0.25) is 0 Å². The average Bonchev–Trinajstić information content (AvgIpc) is 2.94. The van der Waals surface area contributed by atoms with Crippen LogP contribution in [0.15, 0.2) is 5.38 Å². The Labute approximate surface area is 109 Å². The molecule has 1 heterocycles. The first-order chi connectivity index (χ1) is 8.56. The molecule has 2 N–H and O–H groups in total. The van der Waals surface area contributed by atoms with Crippen LogP contribution in [0.5, 0.6) is 0 Å². The number of carboxylic acids is 1. The number of hydrogen-bond acceptors (Lipinski definition) is 4. The zero-order chi connectivity index (χ0) is 13.1. The first-order valence-electron chi connectivity index (χ1n) is 5.98. The molecule has 18 heavy (non-hydrogen) atoms. The van der Waals surface area contributed by atoms with E-state index >= 15 is 0 Å². The van der Waals surface area contributed by atoms with Crippen LogP contribution >= 0.6 is 11.3 Å². The summed E-state index contributed by atoms with van der Waals surface area (Å²) in [5.41, 5.74) is 0.860. The number of aromatic nitrogens is 1. The minimum absolute atomic E-state index is 0.0515. The van der Waals surface area contributed by atoms with Crippen LogP contribution in [0.1, 0.15) is 30.0 Å². The highest BCUT2D eigenvalue weighted by Crippen LogP contribution is 2.31. The molecule has 1 aromatic heterocycles. The summed E-state index contributed by atoms with van der Waals surface area (Å²) >= 11 is 1.55. The zero-order valence-electron chi connectivity index (χ0n) is 10.2. The van der Waals surface area contributed by atoms with Crippen LogP contribution in [0.3, 0.4) is 0 Å². The molecule has 1 aliphatic rings. The number of hydrogen-bond donors (Lipinski definition) is 2. The molecular formula is C12H16N2O3S. The fourth-order valence-corrected chi connectivity index (χ4v) is 2.87. The molecule has 2 unspecified atom stereocenters. The monoisotopic (exact) mass is 268 g/mol. The van der Waals surface area contributed by atoms with Gasteiger partial charge in [0.15, 0.2) is 0 Å². The molecule has 1 aromatic rings. The number of amides is 1. The highest BCUT2D eigenvalue weighted by Gasteiger charge is 2.33. The van der Waals surface area contributed by atoms with Gasteiger partial charge in [0, 0.05) is 11.3 Å². The van der Waals surface area contributed by atoms with Gasteiger partial charge in [0.25, 0.3) is 0 Å². The summed E-state index contributed by atoms with van der Waals surface area (Å²) in [5, 5.41) is 14.6. The van der Waals surface area contributed by atoms with Gasteiger partial charge in [-0.05, 0) is 26.2 Å². The molecule has 6 heteroatoms. The first kappa shape index (κ1) is 13.0. The summed E-state index contributed by atoms with van der Waals surface area (Å²) in [6, 6.07) is 0. The van der Waals surface area contributed by atoms with E-state index in [0.29, 0.717) is 25.8 Å². The summed E-state index contributed by atoms with van der Waals surface area (Å²) < 4.78 is 0. The maximum absolute atomic E-state index is 11.9. The Morgan fingerprint density at radius 2 is 2.22 bits per heavy atom. The maximum Gasteiger partial charge on any atom is 0.306 e. The van der Waals surface area contributed by atoms with Crippen molar-refractivity contribution in [3.05, 3.63) is 16.1 Å². The van der Waals surface area contributed by atoms with E-state index in [1.54, 1.807) is 11.3 Å². The van der Waals surface area contributed by atoms with Gasteiger partial charge in [-0.2, -0.15) is 0 Å². The standard InChI is InChI=1S/C12H16N2O3S/c1-7-14-10(6-18-7)5-13-11(15)8-2-3-9(4-8)12(16)17/h6,8-9H,2-5H2,1H3,(H,13,15)(H,16,17). The Hall–Kier alpha value is -1.43. The number of aliphatic carboxylic acids is 1. The summed E-state index contributed by atoms with van der Waals surface area (Å²) in [4.78, 5) is 26.9. The number of nitrogens with one attached hydrogen (secondary N) is 1. The number of carboxylic acid groups (broad SMARTS) is 1. The second kappa shape index (κ2) is 5.48. The van der Waals surface area contributed by atoms with Crippen molar-refractivity contribution >= 4 is 23.2 Å². The van der Waals surface area contributed by atoms with Gasteiger partial charge in [0.2, 0.25) is 5.91 Å². The first-order valence-corrected chi connectivity index (χ1v) is 6.85. The molecule has 0 spiro atoms. The molecule has 0 aromatic carbocycles. The summed E-state index contributed by atoms with van der Waals surface area (Å²) in [6.07, 6.45) is 1.72. The molecule has 2 rings (SSSR count). The van der Waals surface area contributed by atoms with Gasteiger partial charge in [-0.3, -0.25) is 9.59 Å². The van der Waals surface area contributed by atoms with Gasteiger partial charge >= 0.3 is 5.97 Å². The molecule has 0 bridgehead atoms. The van der Waals surface area contributed by atoms with E-state index in [2.05, 4.69) is 10.3 Å². The Bertz CT molecular complexity index is 458. The predicted molar refractivity (Wildman–Crippen MR) is 67.2 cm³/mol. The number of thiazole rings is 1. The molecule has 1 amide bonds. The van der Waals surface area contributed by atoms with Crippen molar-refractivity contribution in [1.29, 1.82) is 0 Å². The van der Waals surface area contributed by atoms with E-state index < -0.39 is 5.97 Å². The lowest BCUT2D eigenvalue weighted by molar-refractivity contribution is -0.141. The Morgan fingerprint density at radius 1 is 1.50 bits per heavy atom. The van der Waals surface area contributed by atoms with Crippen LogP contribution in [0.25, 0.3) is 0 Å². The maximum atomic E-state index is 11.9. The van der Waals surface area contributed by atoms with Crippen molar-refractivity contribution in [2.75, 3.05) is 0 Å². The van der Waals surface area contributed by atoms with Crippen molar-refractivity contribution in [2.24, 2.45) is 11.8 Å². The molecule has 1 fully saturated rings. The lowest BCUT2D eigenvalue weighted by Crippen LogP contribution is -2.29. The van der Waals surface area contributed by atoms with Gasteiger partial charge < -0.3 is 10.4 Å². The number of nitrogens with zero attached hydrogens (tertiary/aromatic N) is 1. The fourth-order valence-electron chi connectivity index (χ4n) is 2.26. The van der Waals surface area contributed by atoms with Gasteiger partial charge in [-0.15, -0.1) is 11.3 Å². The lowest BCUT2D eigenvalue weighted by atomic mass is 10.0. The third kappa shape index (κ3) is 3.07. The van der Waals surface area contributed by atoms with Crippen LogP contribution < -0.4 is 5.32 Å². The number of rotatable bonds is 4. The van der Waals surface area contributed by atoms with E-state index in [-0.39, 0.29) is 17.7 Å². The third-order valence-corrected chi connectivity index (χ3v) is 4.09. The van der Waals surface area contributed by atoms with E-state index in [1.807, 2.05) is 12.3 Å². The molecule has 0 saturated heterocycles. The molecule has 5 nitrogen and oxygen atoms in total. The minimum atomic E-state index is -0.791. The van der Waals surface area contributed by atoms with E-state index in [1.165, 1.54) is 0 Å². The van der Waals surface area contributed by atoms with Crippen molar-refractivity contribution in [3.8, 4) is 0 Å². The van der Waals surface area contributed by atoms with Gasteiger partial charge in [0.1, 0.15) is 0 Å². The molecular weight excluding hydrogens is 252 g/mol.